The highest BCUT2D eigenvalue weighted by Crippen LogP contribution is 2.41. The molecule has 0 saturated carbocycles. The van der Waals surface area contributed by atoms with Gasteiger partial charge in [0.1, 0.15) is 0 Å². The zero-order chi connectivity index (χ0) is 14.7. The zero-order valence-corrected chi connectivity index (χ0v) is 13.2. The fourth-order valence-electron chi connectivity index (χ4n) is 3.55. The van der Waals surface area contributed by atoms with E-state index in [1.165, 1.54) is 0 Å². The summed E-state index contributed by atoms with van der Waals surface area (Å²) in [5, 5.41) is 4.31. The third kappa shape index (κ3) is 3.24. The average molecular weight is 311 g/mol. The molecule has 3 atom stereocenters. The van der Waals surface area contributed by atoms with Crippen molar-refractivity contribution in [1.82, 2.24) is 10.3 Å². The molecule has 1 spiro atoms. The minimum absolute atomic E-state index is 0.0855. The van der Waals surface area contributed by atoms with Crippen LogP contribution in [0.5, 0.6) is 0 Å². The maximum absolute atomic E-state index is 6.37. The Bertz CT molecular complexity index is 477. The number of rotatable bonds is 4. The predicted octanol–water partition coefficient (Wildman–Crippen LogP) is 2.97. The highest BCUT2D eigenvalue weighted by molar-refractivity contribution is 6.31. The van der Waals surface area contributed by atoms with E-state index in [4.69, 9.17) is 21.1 Å². The third-order valence-electron chi connectivity index (χ3n) is 4.58. The van der Waals surface area contributed by atoms with Gasteiger partial charge in [-0.25, -0.2) is 0 Å². The van der Waals surface area contributed by atoms with Crippen LogP contribution in [0.1, 0.15) is 37.9 Å². The van der Waals surface area contributed by atoms with Crippen molar-refractivity contribution in [1.29, 1.82) is 0 Å². The molecule has 3 heterocycles. The first-order valence-corrected chi connectivity index (χ1v) is 8.17. The van der Waals surface area contributed by atoms with Crippen molar-refractivity contribution in [2.75, 3.05) is 26.4 Å². The normalized spacial score (nSPS) is 30.7. The van der Waals surface area contributed by atoms with Gasteiger partial charge in [-0.15, -0.1) is 0 Å². The minimum Gasteiger partial charge on any atom is -0.378 e. The van der Waals surface area contributed by atoms with E-state index >= 15 is 0 Å². The van der Waals surface area contributed by atoms with E-state index in [9.17, 15) is 0 Å². The van der Waals surface area contributed by atoms with E-state index in [0.29, 0.717) is 5.92 Å². The van der Waals surface area contributed by atoms with Gasteiger partial charge in [0.25, 0.3) is 0 Å². The number of hydrogen-bond acceptors (Lipinski definition) is 4. The summed E-state index contributed by atoms with van der Waals surface area (Å²) in [6.45, 7) is 5.34. The van der Waals surface area contributed by atoms with Crippen LogP contribution >= 0.6 is 11.6 Å². The lowest BCUT2D eigenvalue weighted by Gasteiger charge is -2.40. The van der Waals surface area contributed by atoms with Gasteiger partial charge >= 0.3 is 0 Å². The first-order chi connectivity index (χ1) is 10.2. The van der Waals surface area contributed by atoms with E-state index in [2.05, 4.69) is 17.2 Å². The summed E-state index contributed by atoms with van der Waals surface area (Å²) in [6.07, 6.45) is 4.86. The lowest BCUT2D eigenvalue weighted by Crippen LogP contribution is -2.44. The second-order valence-electron chi connectivity index (χ2n) is 5.99. The topological polar surface area (TPSA) is 43.4 Å². The lowest BCUT2D eigenvalue weighted by molar-refractivity contribution is -0.103. The molecule has 116 valence electrons. The summed E-state index contributed by atoms with van der Waals surface area (Å²) in [7, 11) is 0. The Morgan fingerprint density at radius 1 is 1.52 bits per heavy atom. The first-order valence-electron chi connectivity index (χ1n) is 7.79. The van der Waals surface area contributed by atoms with Crippen molar-refractivity contribution in [2.24, 2.45) is 5.92 Å². The summed E-state index contributed by atoms with van der Waals surface area (Å²) in [6, 6.07) is 3.98. The third-order valence-corrected chi connectivity index (χ3v) is 4.89. The molecular formula is C16H23ClN2O2. The molecule has 0 aliphatic carbocycles. The largest absolute Gasteiger partial charge is 0.378 e. The molecule has 2 saturated heterocycles. The van der Waals surface area contributed by atoms with Gasteiger partial charge in [0.05, 0.1) is 29.0 Å². The molecule has 0 radical (unpaired) electrons. The van der Waals surface area contributed by atoms with Crippen molar-refractivity contribution in [3.8, 4) is 0 Å². The predicted molar refractivity (Wildman–Crippen MR) is 82.5 cm³/mol. The van der Waals surface area contributed by atoms with Gasteiger partial charge in [-0.05, 0) is 37.4 Å². The second-order valence-corrected chi connectivity index (χ2v) is 6.40. The van der Waals surface area contributed by atoms with E-state index < -0.39 is 0 Å². The molecule has 0 aromatic carbocycles. The quantitative estimate of drug-likeness (QED) is 0.928. The van der Waals surface area contributed by atoms with Gasteiger partial charge < -0.3 is 14.8 Å². The molecular weight excluding hydrogens is 288 g/mol. The zero-order valence-electron chi connectivity index (χ0n) is 12.5. The van der Waals surface area contributed by atoms with Crippen LogP contribution in [0.4, 0.5) is 0 Å². The summed E-state index contributed by atoms with van der Waals surface area (Å²) < 4.78 is 11.6. The van der Waals surface area contributed by atoms with Crippen molar-refractivity contribution >= 4 is 11.6 Å². The molecule has 0 amide bonds. The van der Waals surface area contributed by atoms with Crippen LogP contribution in [-0.4, -0.2) is 37.0 Å². The Labute approximate surface area is 131 Å². The summed E-state index contributed by atoms with van der Waals surface area (Å²) in [5.74, 6) is 0.479. The van der Waals surface area contributed by atoms with Crippen molar-refractivity contribution in [3.05, 3.63) is 29.0 Å². The van der Waals surface area contributed by atoms with Crippen molar-refractivity contribution in [2.45, 2.75) is 37.8 Å². The molecule has 0 bridgehead atoms. The number of halogens is 1. The van der Waals surface area contributed by atoms with Crippen LogP contribution < -0.4 is 5.32 Å². The summed E-state index contributed by atoms with van der Waals surface area (Å²) >= 11 is 6.37. The van der Waals surface area contributed by atoms with Crippen molar-refractivity contribution < 1.29 is 9.47 Å². The van der Waals surface area contributed by atoms with Gasteiger partial charge in [-0.1, -0.05) is 18.5 Å². The smallest absolute Gasteiger partial charge is 0.0940 e. The van der Waals surface area contributed by atoms with Gasteiger partial charge in [0.15, 0.2) is 0 Å². The number of nitrogens with one attached hydrogen (secondary N) is 1. The van der Waals surface area contributed by atoms with Gasteiger partial charge in [0, 0.05) is 25.8 Å². The van der Waals surface area contributed by atoms with Crippen LogP contribution in [-0.2, 0) is 9.47 Å². The number of aromatic nitrogens is 1. The number of pyridine rings is 1. The maximum Gasteiger partial charge on any atom is 0.0940 e. The molecule has 5 heteroatoms. The Hall–Kier alpha value is -0.680. The van der Waals surface area contributed by atoms with Crippen LogP contribution in [0.3, 0.4) is 0 Å². The summed E-state index contributed by atoms with van der Waals surface area (Å²) in [5.41, 5.74) is 0.875. The molecule has 1 aromatic heterocycles. The summed E-state index contributed by atoms with van der Waals surface area (Å²) in [4.78, 5) is 4.52. The van der Waals surface area contributed by atoms with Gasteiger partial charge in [0.2, 0.25) is 0 Å². The van der Waals surface area contributed by atoms with Crippen LogP contribution in [0, 0.1) is 5.92 Å². The highest BCUT2D eigenvalue weighted by Gasteiger charge is 2.43. The molecule has 1 N–H and O–H groups in total. The Morgan fingerprint density at radius 3 is 3.14 bits per heavy atom. The van der Waals surface area contributed by atoms with Crippen LogP contribution in [0.15, 0.2) is 18.3 Å². The fraction of sp³-hybridized carbons (Fsp3) is 0.688. The number of nitrogens with zero attached hydrogens (tertiary/aromatic N) is 1. The molecule has 2 fully saturated rings. The first kappa shape index (κ1) is 15.2. The van der Waals surface area contributed by atoms with E-state index in [0.717, 1.165) is 56.3 Å². The van der Waals surface area contributed by atoms with Crippen molar-refractivity contribution in [3.63, 3.8) is 0 Å². The minimum atomic E-state index is -0.0855. The second kappa shape index (κ2) is 6.61. The van der Waals surface area contributed by atoms with Crippen LogP contribution in [0.25, 0.3) is 0 Å². The molecule has 2 aliphatic rings. The molecule has 4 nitrogen and oxygen atoms in total. The van der Waals surface area contributed by atoms with Gasteiger partial charge in [-0.3, -0.25) is 4.98 Å². The Balaban J connectivity index is 1.82. The molecule has 3 rings (SSSR count). The number of ether oxygens (including phenoxy) is 2. The van der Waals surface area contributed by atoms with Crippen LogP contribution in [0.2, 0.25) is 5.02 Å². The monoisotopic (exact) mass is 310 g/mol. The maximum atomic E-state index is 6.37. The van der Waals surface area contributed by atoms with E-state index in [-0.39, 0.29) is 11.6 Å². The molecule has 2 aliphatic heterocycles. The SMILES string of the molecule is CCNC(c1ncccc1Cl)C1CCOC2(CCOC2)C1. The Kier molecular flexibility index (Phi) is 4.79. The highest BCUT2D eigenvalue weighted by atomic mass is 35.5. The Morgan fingerprint density at radius 2 is 2.43 bits per heavy atom. The molecule has 1 aromatic rings. The standard InChI is InChI=1S/C16H23ClN2O2/c1-2-18-14(15-13(17)4-3-7-19-15)12-5-8-21-16(10-12)6-9-20-11-16/h3-4,7,12,14,18H,2,5-6,8-11H2,1H3. The lowest BCUT2D eigenvalue weighted by atomic mass is 9.80. The van der Waals surface area contributed by atoms with Gasteiger partial charge in [-0.2, -0.15) is 0 Å². The fourth-order valence-corrected chi connectivity index (χ4v) is 3.79. The molecule has 3 unspecified atom stereocenters. The number of hydrogen-bond donors (Lipinski definition) is 1. The van der Waals surface area contributed by atoms with E-state index in [1.54, 1.807) is 0 Å². The average Bonchev–Trinajstić information content (AvgIpc) is 2.93. The van der Waals surface area contributed by atoms with E-state index in [1.807, 2.05) is 18.3 Å². The molecule has 21 heavy (non-hydrogen) atoms.